The maximum atomic E-state index is 13.3. The van der Waals surface area contributed by atoms with Gasteiger partial charge in [0.05, 0.1) is 5.69 Å². The fourth-order valence-electron chi connectivity index (χ4n) is 0.977. The van der Waals surface area contributed by atoms with Gasteiger partial charge in [0.15, 0.2) is 0 Å². The average Bonchev–Trinajstić information content (AvgIpc) is 2.15. The fourth-order valence-corrected chi connectivity index (χ4v) is 1.60. The molecule has 0 atom stereocenters. The van der Waals surface area contributed by atoms with Gasteiger partial charge >= 0.3 is 0 Å². The quantitative estimate of drug-likeness (QED) is 0.878. The van der Waals surface area contributed by atoms with Gasteiger partial charge in [0, 0.05) is 22.6 Å². The second kappa shape index (κ2) is 5.47. The molecule has 0 aliphatic rings. The van der Waals surface area contributed by atoms with Crippen LogP contribution in [-0.4, -0.2) is 6.54 Å². The van der Waals surface area contributed by atoms with Gasteiger partial charge in [-0.1, -0.05) is 11.6 Å². The molecule has 1 nitrogen and oxygen atoms in total. The number of nitrogens with one attached hydrogen (secondary N) is 1. The highest BCUT2D eigenvalue weighted by Crippen LogP contribution is 2.26. The van der Waals surface area contributed by atoms with Crippen LogP contribution in [0.25, 0.3) is 0 Å². The van der Waals surface area contributed by atoms with Crippen molar-refractivity contribution in [3.63, 3.8) is 0 Å². The summed E-state index contributed by atoms with van der Waals surface area (Å²) in [6, 6.07) is 2.03. The number of halogens is 4. The van der Waals surface area contributed by atoms with E-state index in [0.717, 1.165) is 11.6 Å². The first kappa shape index (κ1) is 12.5. The monoisotopic (exact) mass is 295 g/mol. The predicted molar refractivity (Wildman–Crippen MR) is 62.2 cm³/mol. The van der Waals surface area contributed by atoms with Gasteiger partial charge < -0.3 is 5.32 Å². The Hall–Kier alpha value is -0.610. The molecule has 0 saturated carbocycles. The maximum absolute atomic E-state index is 13.3. The van der Waals surface area contributed by atoms with Gasteiger partial charge in [0.25, 0.3) is 0 Å². The Bertz CT molecular complexity index is 370. The zero-order valence-corrected chi connectivity index (χ0v) is 10.3. The number of rotatable bonds is 3. The van der Waals surface area contributed by atoms with Crippen LogP contribution in [-0.2, 0) is 0 Å². The summed E-state index contributed by atoms with van der Waals surface area (Å²) in [4.78, 5) is 0. The number of anilines is 1. The lowest BCUT2D eigenvalue weighted by Gasteiger charge is -2.09. The van der Waals surface area contributed by atoms with Gasteiger partial charge in [-0.2, -0.15) is 0 Å². The third kappa shape index (κ3) is 3.47. The molecule has 0 bridgehead atoms. The summed E-state index contributed by atoms with van der Waals surface area (Å²) >= 11 is 8.53. The molecule has 0 unspecified atom stereocenters. The minimum absolute atomic E-state index is 0.231. The summed E-state index contributed by atoms with van der Waals surface area (Å²) in [5.74, 6) is -1.25. The second-order valence-corrected chi connectivity index (χ2v) is 4.13. The van der Waals surface area contributed by atoms with Crippen molar-refractivity contribution in [3.05, 3.63) is 39.3 Å². The summed E-state index contributed by atoms with van der Waals surface area (Å²) in [5.41, 5.74) is 2.49. The Balaban J connectivity index is 2.86. The molecule has 0 amide bonds. The first-order chi connectivity index (χ1) is 7.04. The third-order valence-electron chi connectivity index (χ3n) is 1.74. The predicted octanol–water partition coefficient (Wildman–Crippen LogP) is 4.28. The topological polar surface area (TPSA) is 12.0 Å². The van der Waals surface area contributed by atoms with E-state index in [-0.39, 0.29) is 5.69 Å². The molecule has 0 aromatic heterocycles. The van der Waals surface area contributed by atoms with E-state index in [4.69, 9.17) is 11.6 Å². The molecule has 1 N–H and O–H groups in total. The molecule has 0 radical (unpaired) electrons. The number of benzene rings is 1. The molecular weight excluding hydrogens is 287 g/mol. The van der Waals surface area contributed by atoms with Crippen LogP contribution in [0.1, 0.15) is 6.92 Å². The first-order valence-corrected chi connectivity index (χ1v) is 5.42. The van der Waals surface area contributed by atoms with Gasteiger partial charge in [0.2, 0.25) is 0 Å². The molecule has 82 valence electrons. The fraction of sp³-hybridized carbons (Fsp3) is 0.200. The lowest BCUT2D eigenvalue weighted by Crippen LogP contribution is -2.05. The molecule has 1 aromatic rings. The van der Waals surface area contributed by atoms with Crippen molar-refractivity contribution >= 4 is 33.2 Å². The van der Waals surface area contributed by atoms with E-state index >= 15 is 0 Å². The minimum Gasteiger partial charge on any atom is -0.378 e. The van der Waals surface area contributed by atoms with Crippen molar-refractivity contribution in [1.29, 1.82) is 0 Å². The van der Waals surface area contributed by atoms with Crippen molar-refractivity contribution < 1.29 is 8.78 Å². The Kier molecular flexibility index (Phi) is 4.54. The number of hydrogen-bond donors (Lipinski definition) is 1. The zero-order valence-electron chi connectivity index (χ0n) is 7.95. The van der Waals surface area contributed by atoms with Gasteiger partial charge in [-0.05, 0) is 34.5 Å². The Morgan fingerprint density at radius 1 is 1.53 bits per heavy atom. The third-order valence-corrected chi connectivity index (χ3v) is 2.74. The molecule has 0 aliphatic carbocycles. The van der Waals surface area contributed by atoms with Crippen molar-refractivity contribution in [2.75, 3.05) is 11.9 Å². The standard InChI is InChI=1S/C10H9BrClF2N/c1-6(4-12)5-15-10-8(11)2-7(13)3-9(10)14/h2-4,15H,5H2,1H3. The second-order valence-electron chi connectivity index (χ2n) is 3.05. The van der Waals surface area contributed by atoms with Crippen molar-refractivity contribution in [1.82, 2.24) is 0 Å². The van der Waals surface area contributed by atoms with Crippen molar-refractivity contribution in [2.24, 2.45) is 0 Å². The van der Waals surface area contributed by atoms with Crippen molar-refractivity contribution in [3.8, 4) is 0 Å². The normalized spacial score (nSPS) is 11.7. The summed E-state index contributed by atoms with van der Waals surface area (Å²) < 4.78 is 26.4. The van der Waals surface area contributed by atoms with Gasteiger partial charge in [0.1, 0.15) is 11.6 Å². The molecule has 1 rings (SSSR count). The molecule has 0 spiro atoms. The van der Waals surface area contributed by atoms with Crippen LogP contribution in [0, 0.1) is 11.6 Å². The maximum Gasteiger partial charge on any atom is 0.150 e. The SMILES string of the molecule is CC(=CCl)CNc1c(F)cc(F)cc1Br. The van der Waals surface area contributed by atoms with E-state index in [1.54, 1.807) is 6.92 Å². The summed E-state index contributed by atoms with van der Waals surface area (Å²) in [5, 5.41) is 2.82. The summed E-state index contributed by atoms with van der Waals surface area (Å²) in [6.45, 7) is 2.21. The Morgan fingerprint density at radius 3 is 2.73 bits per heavy atom. The van der Waals surface area contributed by atoms with E-state index in [1.807, 2.05) is 0 Å². The molecule has 0 heterocycles. The summed E-state index contributed by atoms with van der Waals surface area (Å²) in [6.07, 6.45) is 0. The Labute approximate surface area is 100 Å². The molecule has 0 aliphatic heterocycles. The van der Waals surface area contributed by atoms with Crippen LogP contribution in [0.4, 0.5) is 14.5 Å². The van der Waals surface area contributed by atoms with Crippen LogP contribution in [0.3, 0.4) is 0 Å². The van der Waals surface area contributed by atoms with Crippen LogP contribution in [0.15, 0.2) is 27.7 Å². The van der Waals surface area contributed by atoms with Gasteiger partial charge in [-0.3, -0.25) is 0 Å². The highest BCUT2D eigenvalue weighted by Gasteiger charge is 2.08. The van der Waals surface area contributed by atoms with E-state index in [0.29, 0.717) is 11.0 Å². The molecule has 15 heavy (non-hydrogen) atoms. The molecule has 0 saturated heterocycles. The summed E-state index contributed by atoms with van der Waals surface area (Å²) in [7, 11) is 0. The minimum atomic E-state index is -0.635. The van der Waals surface area contributed by atoms with Crippen molar-refractivity contribution in [2.45, 2.75) is 6.92 Å². The zero-order chi connectivity index (χ0) is 11.4. The molecule has 5 heteroatoms. The Morgan fingerprint density at radius 2 is 2.20 bits per heavy atom. The van der Waals surface area contributed by atoms with Crippen LogP contribution in [0.5, 0.6) is 0 Å². The highest BCUT2D eigenvalue weighted by molar-refractivity contribution is 9.10. The van der Waals surface area contributed by atoms with Crippen LogP contribution >= 0.6 is 27.5 Å². The molecule has 0 fully saturated rings. The lowest BCUT2D eigenvalue weighted by molar-refractivity contribution is 0.584. The first-order valence-electron chi connectivity index (χ1n) is 4.19. The van der Waals surface area contributed by atoms with E-state index in [2.05, 4.69) is 21.2 Å². The number of hydrogen-bond acceptors (Lipinski definition) is 1. The van der Waals surface area contributed by atoms with E-state index in [9.17, 15) is 8.78 Å². The van der Waals surface area contributed by atoms with E-state index in [1.165, 1.54) is 11.6 Å². The average molecular weight is 297 g/mol. The molecule has 1 aromatic carbocycles. The van der Waals surface area contributed by atoms with Crippen LogP contribution in [0.2, 0.25) is 0 Å². The smallest absolute Gasteiger partial charge is 0.150 e. The lowest BCUT2D eigenvalue weighted by atomic mass is 10.2. The highest BCUT2D eigenvalue weighted by atomic mass is 79.9. The van der Waals surface area contributed by atoms with Gasteiger partial charge in [-0.25, -0.2) is 8.78 Å². The van der Waals surface area contributed by atoms with Gasteiger partial charge in [-0.15, -0.1) is 0 Å². The molecular formula is C10H9BrClF2N. The van der Waals surface area contributed by atoms with Crippen LogP contribution < -0.4 is 5.32 Å². The largest absolute Gasteiger partial charge is 0.378 e. The van der Waals surface area contributed by atoms with E-state index < -0.39 is 11.6 Å².